The summed E-state index contributed by atoms with van der Waals surface area (Å²) in [5.41, 5.74) is -1.55. The van der Waals surface area contributed by atoms with Gasteiger partial charge in [-0.1, -0.05) is 35.3 Å². The molecular formula is C17H9Cl2F4NO3. The number of hydrogen-bond acceptors (Lipinski definition) is 2. The molecule has 0 spiro atoms. The van der Waals surface area contributed by atoms with Gasteiger partial charge >= 0.3 is 12.1 Å². The molecular weight excluding hydrogens is 413 g/mol. The minimum atomic E-state index is -4.84. The quantitative estimate of drug-likeness (QED) is 0.514. The van der Waals surface area contributed by atoms with E-state index in [-0.39, 0.29) is 32.4 Å². The van der Waals surface area contributed by atoms with Gasteiger partial charge in [-0.05, 0) is 18.2 Å². The number of hydrogen-bond donors (Lipinski definition) is 2. The third kappa shape index (κ3) is 3.68. The normalized spacial score (nSPS) is 11.8. The number of ether oxygens (including phenoxy) is 1. The lowest BCUT2D eigenvalue weighted by Crippen LogP contribution is -2.11. The minimum absolute atomic E-state index is 0.0151. The van der Waals surface area contributed by atoms with Gasteiger partial charge in [-0.15, -0.1) is 0 Å². The fourth-order valence-corrected chi connectivity index (χ4v) is 3.11. The third-order valence-corrected chi connectivity index (χ3v) is 4.41. The number of carbonyl (C=O) groups is 1. The fraction of sp³-hybridized carbons (Fsp3) is 0.118. The zero-order chi connectivity index (χ0) is 19.9. The lowest BCUT2D eigenvalue weighted by Gasteiger charge is -2.14. The molecule has 0 fully saturated rings. The van der Waals surface area contributed by atoms with Crippen LogP contribution in [0.5, 0.6) is 5.75 Å². The number of aromatic nitrogens is 1. The molecule has 4 nitrogen and oxygen atoms in total. The number of alkyl halides is 3. The number of halogens is 6. The first-order chi connectivity index (χ1) is 12.6. The molecule has 1 aromatic heterocycles. The molecule has 2 aromatic carbocycles. The van der Waals surface area contributed by atoms with Crippen molar-refractivity contribution in [1.29, 1.82) is 0 Å². The Morgan fingerprint density at radius 2 is 1.93 bits per heavy atom. The molecule has 0 aliphatic carbocycles. The van der Waals surface area contributed by atoms with Gasteiger partial charge in [0.1, 0.15) is 18.1 Å². The lowest BCUT2D eigenvalue weighted by molar-refractivity contribution is -0.140. The highest BCUT2D eigenvalue weighted by molar-refractivity contribution is 6.41. The molecule has 10 heteroatoms. The number of fused-ring (bicyclic) bond motifs is 1. The van der Waals surface area contributed by atoms with E-state index < -0.39 is 30.1 Å². The smallest absolute Gasteiger partial charge is 0.419 e. The van der Waals surface area contributed by atoms with Crippen molar-refractivity contribution in [3.63, 3.8) is 0 Å². The van der Waals surface area contributed by atoms with Crippen LogP contribution in [-0.2, 0) is 12.8 Å². The van der Waals surface area contributed by atoms with Crippen LogP contribution in [0.3, 0.4) is 0 Å². The van der Waals surface area contributed by atoms with Crippen molar-refractivity contribution in [3.05, 3.63) is 63.0 Å². The second-order valence-corrected chi connectivity index (χ2v) is 6.30. The molecule has 0 aliphatic heterocycles. The maximum Gasteiger partial charge on any atom is 0.419 e. The Labute approximate surface area is 159 Å². The molecule has 0 amide bonds. The van der Waals surface area contributed by atoms with Gasteiger partial charge in [0.25, 0.3) is 0 Å². The molecule has 0 atom stereocenters. The summed E-state index contributed by atoms with van der Waals surface area (Å²) >= 11 is 12.2. The molecule has 1 heterocycles. The van der Waals surface area contributed by atoms with Crippen molar-refractivity contribution in [2.75, 3.05) is 0 Å². The van der Waals surface area contributed by atoms with Crippen molar-refractivity contribution in [2.24, 2.45) is 0 Å². The molecule has 3 rings (SSSR count). The van der Waals surface area contributed by atoms with Gasteiger partial charge in [-0.2, -0.15) is 13.2 Å². The second kappa shape index (κ2) is 6.94. The summed E-state index contributed by atoms with van der Waals surface area (Å²) in [6, 6.07) is 5.44. The largest absolute Gasteiger partial charge is 0.486 e. The zero-order valence-electron chi connectivity index (χ0n) is 13.1. The topological polar surface area (TPSA) is 62.3 Å². The van der Waals surface area contributed by atoms with Crippen LogP contribution in [0.15, 0.2) is 30.3 Å². The van der Waals surface area contributed by atoms with Gasteiger partial charge in [-0.3, -0.25) is 0 Å². The number of rotatable bonds is 4. The zero-order valence-corrected chi connectivity index (χ0v) is 14.6. The van der Waals surface area contributed by atoms with Crippen LogP contribution >= 0.6 is 23.2 Å². The standard InChI is InChI=1S/C17H9Cl2F4NO3/c18-10-5-11-8(4-12(24-11)16(25)26)13(19)15(10)27-6-7-2-1-3-9(14(7)20)17(21,22)23/h1-5,24H,6H2,(H,25,26). The van der Waals surface area contributed by atoms with Crippen LogP contribution in [0.2, 0.25) is 10.0 Å². The van der Waals surface area contributed by atoms with E-state index in [0.29, 0.717) is 11.6 Å². The van der Waals surface area contributed by atoms with Crippen molar-refractivity contribution >= 4 is 40.1 Å². The number of H-pyrrole nitrogens is 1. The van der Waals surface area contributed by atoms with Crippen LogP contribution in [0.25, 0.3) is 10.9 Å². The molecule has 2 N–H and O–H groups in total. The average molecular weight is 422 g/mol. The molecule has 0 unspecified atom stereocenters. The first kappa shape index (κ1) is 19.3. The summed E-state index contributed by atoms with van der Waals surface area (Å²) < 4.78 is 57.8. The molecule has 0 saturated carbocycles. The molecule has 3 aromatic rings. The van der Waals surface area contributed by atoms with Crippen LogP contribution in [-0.4, -0.2) is 16.1 Å². The monoisotopic (exact) mass is 421 g/mol. The average Bonchev–Trinajstić information content (AvgIpc) is 2.99. The predicted octanol–water partition coefficient (Wildman–Crippen LogP) is 5.91. The first-order valence-corrected chi connectivity index (χ1v) is 8.06. The minimum Gasteiger partial charge on any atom is -0.486 e. The highest BCUT2D eigenvalue weighted by atomic mass is 35.5. The number of aromatic amines is 1. The lowest BCUT2D eigenvalue weighted by atomic mass is 10.1. The van der Waals surface area contributed by atoms with Crippen LogP contribution in [0, 0.1) is 5.82 Å². The van der Waals surface area contributed by atoms with Crippen molar-refractivity contribution in [2.45, 2.75) is 12.8 Å². The van der Waals surface area contributed by atoms with E-state index in [0.717, 1.165) is 12.1 Å². The molecule has 0 radical (unpaired) electrons. The number of carboxylic acids is 1. The van der Waals surface area contributed by atoms with Crippen molar-refractivity contribution in [1.82, 2.24) is 4.98 Å². The highest BCUT2D eigenvalue weighted by Gasteiger charge is 2.34. The van der Waals surface area contributed by atoms with Crippen molar-refractivity contribution < 1.29 is 32.2 Å². The Morgan fingerprint density at radius 3 is 2.56 bits per heavy atom. The number of nitrogens with one attached hydrogen (secondary N) is 1. The third-order valence-electron chi connectivity index (χ3n) is 3.76. The summed E-state index contributed by atoms with van der Waals surface area (Å²) in [4.78, 5) is 13.6. The number of carboxylic acid groups (broad SMARTS) is 1. The van der Waals surface area contributed by atoms with Crippen LogP contribution < -0.4 is 4.74 Å². The Hall–Kier alpha value is -2.45. The maximum absolute atomic E-state index is 14.1. The van der Waals surface area contributed by atoms with Gasteiger partial charge in [0.05, 0.1) is 15.6 Å². The van der Waals surface area contributed by atoms with E-state index in [1.54, 1.807) is 0 Å². The number of aromatic carboxylic acids is 1. The Morgan fingerprint density at radius 1 is 1.22 bits per heavy atom. The Balaban J connectivity index is 1.95. The van der Waals surface area contributed by atoms with Crippen LogP contribution in [0.1, 0.15) is 21.6 Å². The first-order valence-electron chi connectivity index (χ1n) is 7.31. The summed E-state index contributed by atoms with van der Waals surface area (Å²) in [6.07, 6.45) is -4.84. The van der Waals surface area contributed by atoms with Gasteiger partial charge in [-0.25, -0.2) is 9.18 Å². The van der Waals surface area contributed by atoms with E-state index in [2.05, 4.69) is 4.98 Å². The van der Waals surface area contributed by atoms with Crippen LogP contribution in [0.4, 0.5) is 17.6 Å². The molecule has 0 saturated heterocycles. The SMILES string of the molecule is O=C(O)c1cc2c(Cl)c(OCc3cccc(C(F)(F)F)c3F)c(Cl)cc2[nH]1. The summed E-state index contributed by atoms with van der Waals surface area (Å²) in [5, 5.41) is 9.24. The Kier molecular flexibility index (Phi) is 4.96. The van der Waals surface area contributed by atoms with Crippen molar-refractivity contribution in [3.8, 4) is 5.75 Å². The molecule has 0 bridgehead atoms. The van der Waals surface area contributed by atoms with E-state index >= 15 is 0 Å². The van der Waals surface area contributed by atoms with E-state index in [9.17, 15) is 22.4 Å². The summed E-state index contributed by atoms with van der Waals surface area (Å²) in [7, 11) is 0. The summed E-state index contributed by atoms with van der Waals surface area (Å²) in [5.74, 6) is -2.77. The molecule has 0 aliphatic rings. The van der Waals surface area contributed by atoms with E-state index in [1.165, 1.54) is 12.1 Å². The number of benzene rings is 2. The van der Waals surface area contributed by atoms with E-state index in [4.69, 9.17) is 33.0 Å². The van der Waals surface area contributed by atoms with E-state index in [1.807, 2.05) is 0 Å². The Bertz CT molecular complexity index is 1050. The van der Waals surface area contributed by atoms with Gasteiger partial charge in [0.2, 0.25) is 0 Å². The van der Waals surface area contributed by atoms with Gasteiger partial charge in [0.15, 0.2) is 5.75 Å². The second-order valence-electron chi connectivity index (χ2n) is 5.52. The van der Waals surface area contributed by atoms with Gasteiger partial charge < -0.3 is 14.8 Å². The highest BCUT2D eigenvalue weighted by Crippen LogP contribution is 2.40. The van der Waals surface area contributed by atoms with Gasteiger partial charge in [0, 0.05) is 16.5 Å². The molecule has 27 heavy (non-hydrogen) atoms. The molecule has 142 valence electrons. The fourth-order valence-electron chi connectivity index (χ4n) is 2.49. The maximum atomic E-state index is 14.1. The predicted molar refractivity (Wildman–Crippen MR) is 91.0 cm³/mol. The summed E-state index contributed by atoms with van der Waals surface area (Å²) in [6.45, 7) is -0.559.